The SMILES string of the molecule is CCN(CC)CCNC(C(=O)O)c1ccc(C2CC2)cc1. The molecule has 1 aromatic rings. The summed E-state index contributed by atoms with van der Waals surface area (Å²) in [5.41, 5.74) is 2.18. The molecule has 1 saturated carbocycles. The molecule has 1 unspecified atom stereocenters. The second-order valence-corrected chi connectivity index (χ2v) is 5.69. The molecule has 0 heterocycles. The molecule has 1 atom stereocenters. The first kappa shape index (κ1) is 16.0. The molecule has 1 aliphatic rings. The van der Waals surface area contributed by atoms with Gasteiger partial charge in [-0.15, -0.1) is 0 Å². The highest BCUT2D eigenvalue weighted by Gasteiger charge is 2.24. The number of hydrogen-bond donors (Lipinski definition) is 2. The predicted molar refractivity (Wildman–Crippen MR) is 84.6 cm³/mol. The van der Waals surface area contributed by atoms with Gasteiger partial charge < -0.3 is 10.0 Å². The number of nitrogens with one attached hydrogen (secondary N) is 1. The van der Waals surface area contributed by atoms with Gasteiger partial charge in [0.15, 0.2) is 0 Å². The third-order valence-corrected chi connectivity index (χ3v) is 4.24. The Labute approximate surface area is 127 Å². The summed E-state index contributed by atoms with van der Waals surface area (Å²) in [6.07, 6.45) is 2.54. The third kappa shape index (κ3) is 4.55. The van der Waals surface area contributed by atoms with Gasteiger partial charge in [0.05, 0.1) is 0 Å². The average molecular weight is 290 g/mol. The molecule has 0 spiro atoms. The fourth-order valence-electron chi connectivity index (χ4n) is 2.63. The van der Waals surface area contributed by atoms with Crippen LogP contribution in [0.5, 0.6) is 0 Å². The smallest absolute Gasteiger partial charge is 0.325 e. The lowest BCUT2D eigenvalue weighted by molar-refractivity contribution is -0.139. The first-order valence-corrected chi connectivity index (χ1v) is 7.94. The lowest BCUT2D eigenvalue weighted by atomic mass is 10.0. The van der Waals surface area contributed by atoms with Gasteiger partial charge in [0.2, 0.25) is 0 Å². The minimum absolute atomic E-state index is 0.617. The van der Waals surface area contributed by atoms with Crippen LogP contribution in [0.25, 0.3) is 0 Å². The summed E-state index contributed by atoms with van der Waals surface area (Å²) in [6, 6.07) is 7.45. The molecule has 0 saturated heterocycles. The Bertz CT molecular complexity index is 450. The van der Waals surface area contributed by atoms with Crippen molar-refractivity contribution >= 4 is 5.97 Å². The van der Waals surface area contributed by atoms with Crippen LogP contribution in [0.3, 0.4) is 0 Å². The van der Waals surface area contributed by atoms with E-state index in [1.54, 1.807) is 0 Å². The Hall–Kier alpha value is -1.39. The first-order valence-electron chi connectivity index (χ1n) is 7.94. The van der Waals surface area contributed by atoms with Crippen LogP contribution < -0.4 is 5.32 Å². The normalized spacial score (nSPS) is 16.1. The number of nitrogens with zero attached hydrogens (tertiary/aromatic N) is 1. The average Bonchev–Trinajstić information content (AvgIpc) is 3.32. The summed E-state index contributed by atoms with van der Waals surface area (Å²) in [6.45, 7) is 7.78. The molecule has 2 N–H and O–H groups in total. The van der Waals surface area contributed by atoms with E-state index in [0.29, 0.717) is 12.5 Å². The summed E-state index contributed by atoms with van der Waals surface area (Å²) in [4.78, 5) is 13.7. The minimum atomic E-state index is -0.811. The van der Waals surface area contributed by atoms with Crippen molar-refractivity contribution in [3.05, 3.63) is 35.4 Å². The molecule has 0 aromatic heterocycles. The van der Waals surface area contributed by atoms with E-state index in [9.17, 15) is 9.90 Å². The molecule has 1 aromatic carbocycles. The Morgan fingerprint density at radius 2 is 1.90 bits per heavy atom. The Balaban J connectivity index is 1.92. The molecule has 4 nitrogen and oxygen atoms in total. The topological polar surface area (TPSA) is 52.6 Å². The zero-order valence-electron chi connectivity index (χ0n) is 13.0. The molecule has 0 radical (unpaired) electrons. The van der Waals surface area contributed by atoms with Crippen molar-refractivity contribution < 1.29 is 9.90 Å². The van der Waals surface area contributed by atoms with Crippen LogP contribution in [-0.2, 0) is 4.79 Å². The Morgan fingerprint density at radius 1 is 1.29 bits per heavy atom. The maximum atomic E-state index is 11.5. The van der Waals surface area contributed by atoms with Gasteiger partial charge in [-0.3, -0.25) is 10.1 Å². The van der Waals surface area contributed by atoms with Gasteiger partial charge in [0, 0.05) is 13.1 Å². The molecule has 116 valence electrons. The van der Waals surface area contributed by atoms with E-state index in [-0.39, 0.29) is 0 Å². The predicted octanol–water partition coefficient (Wildman–Crippen LogP) is 2.62. The van der Waals surface area contributed by atoms with Crippen LogP contribution in [0.1, 0.15) is 49.8 Å². The quantitative estimate of drug-likeness (QED) is 0.734. The monoisotopic (exact) mass is 290 g/mol. The summed E-state index contributed by atoms with van der Waals surface area (Å²) in [5, 5.41) is 12.6. The van der Waals surface area contributed by atoms with Crippen LogP contribution in [0.15, 0.2) is 24.3 Å². The van der Waals surface area contributed by atoms with Crippen LogP contribution in [0.2, 0.25) is 0 Å². The molecule has 21 heavy (non-hydrogen) atoms. The van der Waals surface area contributed by atoms with E-state index in [2.05, 4.69) is 36.2 Å². The number of rotatable bonds is 9. The molecular weight excluding hydrogens is 264 g/mol. The molecule has 1 fully saturated rings. The van der Waals surface area contributed by atoms with Crippen molar-refractivity contribution in [1.29, 1.82) is 0 Å². The summed E-state index contributed by atoms with van der Waals surface area (Å²) in [5.74, 6) is -0.105. The molecule has 0 aliphatic heterocycles. The minimum Gasteiger partial charge on any atom is -0.480 e. The number of aliphatic carboxylic acids is 1. The van der Waals surface area contributed by atoms with E-state index in [0.717, 1.165) is 25.2 Å². The maximum absolute atomic E-state index is 11.5. The van der Waals surface area contributed by atoms with Crippen molar-refractivity contribution in [3.8, 4) is 0 Å². The molecule has 0 amide bonds. The van der Waals surface area contributed by atoms with Crippen molar-refractivity contribution in [1.82, 2.24) is 10.2 Å². The zero-order valence-corrected chi connectivity index (χ0v) is 13.0. The number of hydrogen-bond acceptors (Lipinski definition) is 3. The molecule has 0 bridgehead atoms. The lowest BCUT2D eigenvalue weighted by Gasteiger charge is -2.20. The summed E-state index contributed by atoms with van der Waals surface area (Å²) in [7, 11) is 0. The largest absolute Gasteiger partial charge is 0.480 e. The number of carbonyl (C=O) groups is 1. The van der Waals surface area contributed by atoms with Crippen LogP contribution >= 0.6 is 0 Å². The van der Waals surface area contributed by atoms with Gasteiger partial charge in [-0.05, 0) is 43.0 Å². The van der Waals surface area contributed by atoms with E-state index in [1.807, 2.05) is 12.1 Å². The van der Waals surface area contributed by atoms with Crippen molar-refractivity contribution in [2.75, 3.05) is 26.2 Å². The molecular formula is C17H26N2O2. The first-order chi connectivity index (χ1) is 10.2. The van der Waals surface area contributed by atoms with Crippen LogP contribution in [-0.4, -0.2) is 42.2 Å². The van der Waals surface area contributed by atoms with Crippen molar-refractivity contribution in [3.63, 3.8) is 0 Å². The zero-order chi connectivity index (χ0) is 15.2. The Kier molecular flexibility index (Phi) is 5.76. The second-order valence-electron chi connectivity index (χ2n) is 5.69. The fraction of sp³-hybridized carbons (Fsp3) is 0.588. The van der Waals surface area contributed by atoms with E-state index < -0.39 is 12.0 Å². The summed E-state index contributed by atoms with van der Waals surface area (Å²) < 4.78 is 0. The lowest BCUT2D eigenvalue weighted by Crippen LogP contribution is -2.36. The number of carboxylic acid groups (broad SMARTS) is 1. The second kappa shape index (κ2) is 7.57. The van der Waals surface area contributed by atoms with Crippen LogP contribution in [0, 0.1) is 0 Å². The highest BCUT2D eigenvalue weighted by Crippen LogP contribution is 2.40. The summed E-state index contributed by atoms with van der Waals surface area (Å²) >= 11 is 0. The third-order valence-electron chi connectivity index (χ3n) is 4.24. The van der Waals surface area contributed by atoms with E-state index >= 15 is 0 Å². The fourth-order valence-corrected chi connectivity index (χ4v) is 2.63. The van der Waals surface area contributed by atoms with Gasteiger partial charge in [0.1, 0.15) is 6.04 Å². The molecule has 1 aliphatic carbocycles. The standard InChI is InChI=1S/C17H26N2O2/c1-3-19(4-2)12-11-18-16(17(20)21)15-9-7-14(8-10-15)13-5-6-13/h7-10,13,16,18H,3-6,11-12H2,1-2H3,(H,20,21). The van der Waals surface area contributed by atoms with Crippen molar-refractivity contribution in [2.45, 2.75) is 38.6 Å². The van der Waals surface area contributed by atoms with E-state index in [4.69, 9.17) is 0 Å². The van der Waals surface area contributed by atoms with Gasteiger partial charge in [-0.25, -0.2) is 0 Å². The van der Waals surface area contributed by atoms with Gasteiger partial charge in [-0.2, -0.15) is 0 Å². The molecule has 4 heteroatoms. The van der Waals surface area contributed by atoms with Gasteiger partial charge in [0.25, 0.3) is 0 Å². The highest BCUT2D eigenvalue weighted by molar-refractivity contribution is 5.75. The van der Waals surface area contributed by atoms with Crippen molar-refractivity contribution in [2.24, 2.45) is 0 Å². The Morgan fingerprint density at radius 3 is 2.38 bits per heavy atom. The van der Waals surface area contributed by atoms with Crippen LogP contribution in [0.4, 0.5) is 0 Å². The molecule has 2 rings (SSSR count). The van der Waals surface area contributed by atoms with Gasteiger partial charge in [-0.1, -0.05) is 38.1 Å². The van der Waals surface area contributed by atoms with Gasteiger partial charge >= 0.3 is 5.97 Å². The number of likely N-dealkylation sites (N-methyl/N-ethyl adjacent to an activating group) is 1. The maximum Gasteiger partial charge on any atom is 0.325 e. The van der Waals surface area contributed by atoms with E-state index in [1.165, 1.54) is 18.4 Å². The number of benzene rings is 1. The number of carboxylic acids is 1. The highest BCUT2D eigenvalue weighted by atomic mass is 16.4.